The number of ether oxygens (including phenoxy) is 3. The van der Waals surface area contributed by atoms with Crippen molar-refractivity contribution in [3.05, 3.63) is 66.9 Å². The number of hydrogen-bond donors (Lipinski definition) is 6. The molecule has 0 aromatic heterocycles. The maximum Gasteiger partial charge on any atom is 0.202 e. The zero-order valence-electron chi connectivity index (χ0n) is 22.9. The number of aromatic hydroxyl groups is 2. The van der Waals surface area contributed by atoms with E-state index in [4.69, 9.17) is 35.3 Å². The van der Waals surface area contributed by atoms with Crippen molar-refractivity contribution >= 4 is 17.3 Å². The molecular weight excluding hydrogens is 576 g/mol. The van der Waals surface area contributed by atoms with Crippen LogP contribution in [0.4, 0.5) is 0 Å². The maximum atomic E-state index is 13.6. The van der Waals surface area contributed by atoms with Crippen LogP contribution in [0.25, 0.3) is 0 Å². The molecule has 1 aliphatic heterocycles. The SMILES string of the molecule is COc1cccc2c1C(=O)c1c(O)c3c(c(O)c1C2=O)C[C@@](O)(C(=O)CO)C[C@@H]3O[C@H]1C[C@H](N)[C@@H](O)[C@H](C)O1.O=[N+]([O-])[O-]. The topological polar surface area (TPSA) is 272 Å². The second-order valence-electron chi connectivity index (χ2n) is 10.4. The quantitative estimate of drug-likeness (QED) is 0.124. The summed E-state index contributed by atoms with van der Waals surface area (Å²) in [6.45, 7) is 0.560. The highest BCUT2D eigenvalue weighted by Crippen LogP contribution is 2.52. The van der Waals surface area contributed by atoms with E-state index in [0.717, 1.165) is 0 Å². The summed E-state index contributed by atoms with van der Waals surface area (Å²) in [6.07, 6.45) is -5.12. The molecule has 5 rings (SSSR count). The Morgan fingerprint density at radius 3 is 2.37 bits per heavy atom. The van der Waals surface area contributed by atoms with E-state index >= 15 is 0 Å². The summed E-state index contributed by atoms with van der Waals surface area (Å²) in [7, 11) is 1.32. The Morgan fingerprint density at radius 2 is 1.79 bits per heavy atom. The number of phenolic OH excluding ortho intramolecular Hbond substituents is 2. The summed E-state index contributed by atoms with van der Waals surface area (Å²) in [6, 6.07) is 3.64. The number of rotatable bonds is 5. The second kappa shape index (κ2) is 11.8. The zero-order valence-corrected chi connectivity index (χ0v) is 22.9. The van der Waals surface area contributed by atoms with Gasteiger partial charge in [-0.2, -0.15) is 0 Å². The van der Waals surface area contributed by atoms with Crippen LogP contribution < -0.4 is 10.5 Å². The smallest absolute Gasteiger partial charge is 0.202 e. The van der Waals surface area contributed by atoms with Crippen LogP contribution in [0.15, 0.2) is 18.2 Å². The molecule has 0 radical (unpaired) electrons. The molecule has 0 unspecified atom stereocenters. The second-order valence-corrected chi connectivity index (χ2v) is 10.4. The number of nitrogens with two attached hydrogens (primary N) is 1. The summed E-state index contributed by atoms with van der Waals surface area (Å²) in [5, 5.41) is 68.4. The average molecular weight is 606 g/mol. The van der Waals surface area contributed by atoms with E-state index in [9.17, 15) is 39.9 Å². The van der Waals surface area contributed by atoms with Gasteiger partial charge in [0.1, 0.15) is 29.5 Å². The number of aliphatic hydroxyl groups excluding tert-OH is 2. The Bertz CT molecular complexity index is 1480. The highest BCUT2D eigenvalue weighted by atomic mass is 16.9. The summed E-state index contributed by atoms with van der Waals surface area (Å²) in [5.74, 6) is -3.77. The summed E-state index contributed by atoms with van der Waals surface area (Å²) < 4.78 is 17.0. The fourth-order valence-electron chi connectivity index (χ4n) is 5.75. The van der Waals surface area contributed by atoms with E-state index in [1.54, 1.807) is 6.92 Å². The molecule has 2 aliphatic carbocycles. The standard InChI is InChI=1S/C27H29NO11.NO3/c1-10-22(31)13(28)6-17(38-10)39-15-8-27(36,16(30)9-29)7-12-19(15)26(35)21-20(24(12)33)23(32)11-4-3-5-14(37-2)18(11)25(21)34;2-1(3)4/h3-5,10,13,15,17,22,29,31,33,35-36H,6-9,28H2,1-2H3;/q;-1/t10-,13-,15-,17-,22-,27-;/m0./s1. The van der Waals surface area contributed by atoms with Crippen LogP contribution in [0.5, 0.6) is 17.2 Å². The molecule has 0 saturated carbocycles. The minimum absolute atomic E-state index is 0.0173. The van der Waals surface area contributed by atoms with Crippen LogP contribution in [0, 0.1) is 15.3 Å². The summed E-state index contributed by atoms with van der Waals surface area (Å²) in [4.78, 5) is 48.0. The third-order valence-corrected chi connectivity index (χ3v) is 7.81. The molecule has 3 aliphatic rings. The highest BCUT2D eigenvalue weighted by molar-refractivity contribution is 6.31. The maximum absolute atomic E-state index is 13.6. The van der Waals surface area contributed by atoms with E-state index in [1.807, 2.05) is 0 Å². The minimum atomic E-state index is -2.24. The first-order valence-electron chi connectivity index (χ1n) is 13.0. The molecule has 16 heteroatoms. The van der Waals surface area contributed by atoms with Gasteiger partial charge >= 0.3 is 0 Å². The number of Topliss-reactive ketones (excluding diaryl/α,β-unsaturated/α-hetero) is 1. The molecular formula is C27H29N2O14-. The third kappa shape index (κ3) is 5.51. The number of benzene rings is 2. The van der Waals surface area contributed by atoms with Crippen molar-refractivity contribution in [3.8, 4) is 17.2 Å². The van der Waals surface area contributed by atoms with Crippen LogP contribution in [-0.2, 0) is 20.7 Å². The molecule has 16 nitrogen and oxygen atoms in total. The molecule has 1 saturated heterocycles. The van der Waals surface area contributed by atoms with Crippen LogP contribution >= 0.6 is 0 Å². The van der Waals surface area contributed by atoms with E-state index in [2.05, 4.69) is 0 Å². The van der Waals surface area contributed by atoms with Gasteiger partial charge in [-0.25, -0.2) is 0 Å². The van der Waals surface area contributed by atoms with Crippen molar-refractivity contribution in [2.45, 2.75) is 62.4 Å². The molecule has 2 aromatic carbocycles. The van der Waals surface area contributed by atoms with Crippen LogP contribution in [0.2, 0.25) is 0 Å². The van der Waals surface area contributed by atoms with Crippen molar-refractivity contribution < 1.29 is 59.2 Å². The monoisotopic (exact) mass is 605 g/mol. The number of aliphatic hydroxyl groups is 3. The normalized spacial score (nSPS) is 27.6. The molecule has 232 valence electrons. The van der Waals surface area contributed by atoms with Crippen molar-refractivity contribution in [2.24, 2.45) is 5.73 Å². The molecule has 0 spiro atoms. The van der Waals surface area contributed by atoms with Gasteiger partial charge in [-0.1, -0.05) is 12.1 Å². The van der Waals surface area contributed by atoms with Crippen molar-refractivity contribution in [3.63, 3.8) is 0 Å². The van der Waals surface area contributed by atoms with Gasteiger partial charge in [0, 0.05) is 42.0 Å². The molecule has 1 fully saturated rings. The molecule has 0 amide bonds. The van der Waals surface area contributed by atoms with Gasteiger partial charge in [0.15, 0.2) is 17.9 Å². The lowest BCUT2D eigenvalue weighted by atomic mass is 9.72. The van der Waals surface area contributed by atoms with Crippen molar-refractivity contribution in [1.82, 2.24) is 0 Å². The molecule has 6 atom stereocenters. The van der Waals surface area contributed by atoms with E-state index < -0.39 is 101 Å². The number of methoxy groups -OCH3 is 1. The number of carbonyl (C=O) groups is 3. The third-order valence-electron chi connectivity index (χ3n) is 7.81. The fraction of sp³-hybridized carbons (Fsp3) is 0.444. The Balaban J connectivity index is 0.000000996. The molecule has 0 bridgehead atoms. The summed E-state index contributed by atoms with van der Waals surface area (Å²) in [5.41, 5.74) is 2.37. The highest BCUT2D eigenvalue weighted by Gasteiger charge is 2.50. The first kappa shape index (κ1) is 31.7. The van der Waals surface area contributed by atoms with Gasteiger partial charge in [0.05, 0.1) is 47.2 Å². The van der Waals surface area contributed by atoms with E-state index in [0.29, 0.717) is 0 Å². The largest absolute Gasteiger partial charge is 0.507 e. The predicted molar refractivity (Wildman–Crippen MR) is 142 cm³/mol. The molecule has 43 heavy (non-hydrogen) atoms. The van der Waals surface area contributed by atoms with E-state index in [1.165, 1.54) is 25.3 Å². The Morgan fingerprint density at radius 1 is 1.16 bits per heavy atom. The summed E-state index contributed by atoms with van der Waals surface area (Å²) >= 11 is 0. The van der Waals surface area contributed by atoms with Crippen LogP contribution in [0.1, 0.15) is 68.8 Å². The van der Waals surface area contributed by atoms with Gasteiger partial charge in [-0.05, 0) is 13.0 Å². The van der Waals surface area contributed by atoms with Crippen molar-refractivity contribution in [2.75, 3.05) is 13.7 Å². The lowest BCUT2D eigenvalue weighted by Crippen LogP contribution is -2.53. The number of phenols is 2. The van der Waals surface area contributed by atoms with E-state index in [-0.39, 0.29) is 34.4 Å². The van der Waals surface area contributed by atoms with Gasteiger partial charge in [0.2, 0.25) is 5.78 Å². The fourth-order valence-corrected chi connectivity index (χ4v) is 5.75. The lowest BCUT2D eigenvalue weighted by molar-refractivity contribution is -0.402. The van der Waals surface area contributed by atoms with Gasteiger partial charge in [-0.3, -0.25) is 14.4 Å². The van der Waals surface area contributed by atoms with Gasteiger partial charge in [-0.15, -0.1) is 0 Å². The predicted octanol–water partition coefficient (Wildman–Crippen LogP) is -0.238. The van der Waals surface area contributed by atoms with Gasteiger partial charge < -0.3 is 60.8 Å². The Labute approximate surface area is 242 Å². The number of hydrogen-bond acceptors (Lipinski definition) is 15. The van der Waals surface area contributed by atoms with Crippen LogP contribution in [0.3, 0.4) is 0 Å². The molecule has 2 aromatic rings. The van der Waals surface area contributed by atoms with Crippen LogP contribution in [-0.4, -0.2) is 91.8 Å². The average Bonchev–Trinajstić information content (AvgIpc) is 2.94. The Kier molecular flexibility index (Phi) is 8.73. The molecule has 1 heterocycles. The number of nitrogens with zero attached hydrogens (tertiary/aromatic N) is 1. The number of carbonyl (C=O) groups excluding carboxylic acids is 3. The first-order chi connectivity index (χ1) is 20.2. The number of fused-ring (bicyclic) bond motifs is 3. The number of ketones is 3. The minimum Gasteiger partial charge on any atom is -0.507 e. The lowest BCUT2D eigenvalue weighted by Gasteiger charge is -2.42. The Hall–Kier alpha value is -4.19. The van der Waals surface area contributed by atoms with Crippen molar-refractivity contribution in [1.29, 1.82) is 0 Å². The molecule has 7 N–H and O–H groups in total. The first-order valence-corrected chi connectivity index (χ1v) is 13.0. The zero-order chi connectivity index (χ0) is 32.0. The van der Waals surface area contributed by atoms with Gasteiger partial charge in [0.25, 0.3) is 0 Å².